The molecular formula is C18H17NO5. The third-order valence-electron chi connectivity index (χ3n) is 3.23. The molecule has 0 saturated heterocycles. The van der Waals surface area contributed by atoms with Crippen molar-refractivity contribution in [2.45, 2.75) is 0 Å². The first-order valence-corrected chi connectivity index (χ1v) is 7.08. The molecule has 0 aliphatic carbocycles. The van der Waals surface area contributed by atoms with E-state index in [0.717, 1.165) is 5.56 Å². The Hall–Kier alpha value is -3.28. The van der Waals surface area contributed by atoms with Crippen LogP contribution in [0.5, 0.6) is 11.5 Å². The normalized spacial score (nSPS) is 10.4. The first kappa shape index (κ1) is 17.1. The molecule has 0 radical (unpaired) electrons. The Morgan fingerprint density at radius 1 is 1.00 bits per heavy atom. The fraction of sp³-hybridized carbons (Fsp3) is 0.111. The van der Waals surface area contributed by atoms with Gasteiger partial charge in [0.05, 0.1) is 19.8 Å². The zero-order valence-corrected chi connectivity index (χ0v) is 13.3. The monoisotopic (exact) mass is 327 g/mol. The molecule has 2 aromatic carbocycles. The second-order valence-corrected chi connectivity index (χ2v) is 4.82. The minimum atomic E-state index is -1.01. The van der Waals surface area contributed by atoms with E-state index in [9.17, 15) is 9.59 Å². The summed E-state index contributed by atoms with van der Waals surface area (Å²) >= 11 is 0. The molecule has 0 fully saturated rings. The summed E-state index contributed by atoms with van der Waals surface area (Å²) in [4.78, 5) is 22.7. The van der Waals surface area contributed by atoms with Crippen LogP contribution in [0.2, 0.25) is 0 Å². The van der Waals surface area contributed by atoms with Crippen LogP contribution in [0.1, 0.15) is 15.9 Å². The van der Waals surface area contributed by atoms with Crippen LogP contribution >= 0.6 is 0 Å². The highest BCUT2D eigenvalue weighted by Crippen LogP contribution is 2.27. The lowest BCUT2D eigenvalue weighted by molar-refractivity contribution is -0.111. The van der Waals surface area contributed by atoms with Crippen LogP contribution in [0.4, 0.5) is 5.69 Å². The molecule has 0 heterocycles. The summed E-state index contributed by atoms with van der Waals surface area (Å²) in [6, 6.07) is 11.2. The predicted octanol–water partition coefficient (Wildman–Crippen LogP) is 3.05. The number of aromatic carboxylic acids is 1. The molecule has 2 aromatic rings. The molecule has 0 atom stereocenters. The summed E-state index contributed by atoms with van der Waals surface area (Å²) in [5, 5.41) is 11.5. The molecule has 24 heavy (non-hydrogen) atoms. The number of benzene rings is 2. The van der Waals surface area contributed by atoms with E-state index in [-0.39, 0.29) is 11.5 Å². The molecular weight excluding hydrogens is 310 g/mol. The maximum atomic E-state index is 11.9. The fourth-order valence-electron chi connectivity index (χ4n) is 2.01. The van der Waals surface area contributed by atoms with Crippen LogP contribution < -0.4 is 14.8 Å². The van der Waals surface area contributed by atoms with Crippen molar-refractivity contribution in [2.24, 2.45) is 0 Å². The van der Waals surface area contributed by atoms with Crippen molar-refractivity contribution in [1.82, 2.24) is 0 Å². The van der Waals surface area contributed by atoms with Gasteiger partial charge in [0.25, 0.3) is 0 Å². The van der Waals surface area contributed by atoms with Crippen LogP contribution in [-0.4, -0.2) is 31.2 Å². The summed E-state index contributed by atoms with van der Waals surface area (Å²) in [7, 11) is 3.09. The third kappa shape index (κ3) is 4.36. The lowest BCUT2D eigenvalue weighted by atomic mass is 10.2. The molecule has 0 saturated carbocycles. The van der Waals surface area contributed by atoms with Crippen LogP contribution in [0.15, 0.2) is 48.5 Å². The van der Waals surface area contributed by atoms with Gasteiger partial charge in [-0.25, -0.2) is 4.79 Å². The van der Waals surface area contributed by atoms with Crippen molar-refractivity contribution in [3.05, 3.63) is 59.7 Å². The number of ether oxygens (including phenoxy) is 2. The van der Waals surface area contributed by atoms with Crippen LogP contribution in [-0.2, 0) is 4.79 Å². The van der Waals surface area contributed by atoms with Crippen LogP contribution in [0, 0.1) is 0 Å². The number of rotatable bonds is 6. The molecule has 0 bridgehead atoms. The second-order valence-electron chi connectivity index (χ2n) is 4.82. The lowest BCUT2D eigenvalue weighted by Crippen LogP contribution is -2.08. The van der Waals surface area contributed by atoms with E-state index in [1.54, 1.807) is 38.5 Å². The number of hydrogen-bond acceptors (Lipinski definition) is 4. The van der Waals surface area contributed by atoms with Gasteiger partial charge in [0.15, 0.2) is 11.5 Å². The van der Waals surface area contributed by atoms with E-state index in [4.69, 9.17) is 14.6 Å². The summed E-state index contributed by atoms with van der Waals surface area (Å²) in [6.07, 6.45) is 3.02. The molecule has 0 aromatic heterocycles. The van der Waals surface area contributed by atoms with Gasteiger partial charge in [-0.05, 0) is 48.0 Å². The zero-order chi connectivity index (χ0) is 17.5. The van der Waals surface area contributed by atoms with Crippen molar-refractivity contribution >= 4 is 23.6 Å². The van der Waals surface area contributed by atoms with Crippen molar-refractivity contribution < 1.29 is 24.2 Å². The Bertz CT molecular complexity index is 765. The molecule has 0 aliphatic rings. The number of carboxylic acids is 1. The topological polar surface area (TPSA) is 84.9 Å². The van der Waals surface area contributed by atoms with Crippen LogP contribution in [0.3, 0.4) is 0 Å². The van der Waals surface area contributed by atoms with E-state index < -0.39 is 5.97 Å². The highest BCUT2D eigenvalue weighted by atomic mass is 16.5. The number of carboxylic acid groups (broad SMARTS) is 1. The minimum absolute atomic E-state index is 0.161. The summed E-state index contributed by atoms with van der Waals surface area (Å²) in [5.41, 5.74) is 1.46. The average molecular weight is 327 g/mol. The van der Waals surface area contributed by atoms with Gasteiger partial charge < -0.3 is 19.9 Å². The average Bonchev–Trinajstić information content (AvgIpc) is 2.60. The molecule has 0 unspecified atom stereocenters. The molecule has 6 heteroatoms. The Labute approximate surface area is 139 Å². The lowest BCUT2D eigenvalue weighted by Gasteiger charge is -2.07. The Morgan fingerprint density at radius 3 is 2.25 bits per heavy atom. The van der Waals surface area contributed by atoms with Crippen LogP contribution in [0.25, 0.3) is 6.08 Å². The van der Waals surface area contributed by atoms with E-state index in [0.29, 0.717) is 17.2 Å². The molecule has 2 rings (SSSR count). The number of carbonyl (C=O) groups is 2. The van der Waals surface area contributed by atoms with Gasteiger partial charge >= 0.3 is 5.97 Å². The maximum Gasteiger partial charge on any atom is 0.335 e. The quantitative estimate of drug-likeness (QED) is 0.797. The molecule has 0 spiro atoms. The Kier molecular flexibility index (Phi) is 5.57. The van der Waals surface area contributed by atoms with Gasteiger partial charge in [0.2, 0.25) is 5.91 Å². The maximum absolute atomic E-state index is 11.9. The van der Waals surface area contributed by atoms with Crippen molar-refractivity contribution in [3.63, 3.8) is 0 Å². The predicted molar refractivity (Wildman–Crippen MR) is 90.6 cm³/mol. The van der Waals surface area contributed by atoms with Crippen molar-refractivity contribution in [1.29, 1.82) is 0 Å². The first-order chi connectivity index (χ1) is 11.5. The molecule has 124 valence electrons. The highest BCUT2D eigenvalue weighted by molar-refractivity contribution is 6.02. The van der Waals surface area contributed by atoms with E-state index in [1.807, 2.05) is 0 Å². The van der Waals surface area contributed by atoms with Gasteiger partial charge in [-0.15, -0.1) is 0 Å². The number of hydrogen-bond donors (Lipinski definition) is 2. The van der Waals surface area contributed by atoms with Crippen molar-refractivity contribution in [3.8, 4) is 11.5 Å². The summed E-state index contributed by atoms with van der Waals surface area (Å²) in [5.74, 6) is -0.156. The molecule has 6 nitrogen and oxygen atoms in total. The number of methoxy groups -OCH3 is 2. The Balaban J connectivity index is 2.03. The Morgan fingerprint density at radius 2 is 1.67 bits per heavy atom. The van der Waals surface area contributed by atoms with E-state index in [1.165, 1.54) is 30.3 Å². The van der Waals surface area contributed by atoms with Crippen molar-refractivity contribution in [2.75, 3.05) is 19.5 Å². The van der Waals surface area contributed by atoms with Gasteiger partial charge in [0, 0.05) is 11.8 Å². The first-order valence-electron chi connectivity index (χ1n) is 7.08. The highest BCUT2D eigenvalue weighted by Gasteiger charge is 2.04. The number of carbonyl (C=O) groups excluding carboxylic acids is 1. The van der Waals surface area contributed by atoms with Gasteiger partial charge in [0.1, 0.15) is 0 Å². The number of nitrogens with one attached hydrogen (secondary N) is 1. The molecule has 1 amide bonds. The third-order valence-corrected chi connectivity index (χ3v) is 3.23. The number of amides is 1. The van der Waals surface area contributed by atoms with Gasteiger partial charge in [-0.1, -0.05) is 6.07 Å². The van der Waals surface area contributed by atoms with E-state index >= 15 is 0 Å². The SMILES string of the molecule is COc1ccc(/C=C/C(=O)Nc2ccc(C(=O)O)cc2)cc1OC. The summed E-state index contributed by atoms with van der Waals surface area (Å²) < 4.78 is 10.4. The smallest absolute Gasteiger partial charge is 0.335 e. The molecule has 0 aliphatic heterocycles. The van der Waals surface area contributed by atoms with Gasteiger partial charge in [-0.2, -0.15) is 0 Å². The minimum Gasteiger partial charge on any atom is -0.493 e. The number of anilines is 1. The largest absolute Gasteiger partial charge is 0.493 e. The molecule has 2 N–H and O–H groups in total. The van der Waals surface area contributed by atoms with E-state index in [2.05, 4.69) is 5.32 Å². The second kappa shape index (κ2) is 7.82. The standard InChI is InChI=1S/C18H17NO5/c1-23-15-9-3-12(11-16(15)24-2)4-10-17(20)19-14-7-5-13(6-8-14)18(21)22/h3-11H,1-2H3,(H,19,20)(H,21,22)/b10-4+. The van der Waals surface area contributed by atoms with Gasteiger partial charge in [-0.3, -0.25) is 4.79 Å². The summed E-state index contributed by atoms with van der Waals surface area (Å²) in [6.45, 7) is 0. The zero-order valence-electron chi connectivity index (χ0n) is 13.3. The fourth-order valence-corrected chi connectivity index (χ4v) is 2.01.